The lowest BCUT2D eigenvalue weighted by molar-refractivity contribution is 0.0527. The number of anilines is 3. The highest BCUT2D eigenvalue weighted by Gasteiger charge is 2.16. The molecule has 29 heavy (non-hydrogen) atoms. The van der Waals surface area contributed by atoms with Crippen LogP contribution in [0.4, 0.5) is 26.0 Å². The van der Waals surface area contributed by atoms with Gasteiger partial charge in [-0.3, -0.25) is 4.79 Å². The SMILES string of the molecule is CCOC(=O)c1ccccc1NC(=O)c1ccc(Nc2ccc(F)c(F)c2)nn1. The fraction of sp³-hybridized carbons (Fsp3) is 0.100. The molecule has 0 aliphatic heterocycles. The van der Waals surface area contributed by atoms with Crippen LogP contribution in [0.2, 0.25) is 0 Å². The average Bonchev–Trinajstić information content (AvgIpc) is 2.72. The van der Waals surface area contributed by atoms with Crippen LogP contribution in [0.15, 0.2) is 54.6 Å². The first-order valence-corrected chi connectivity index (χ1v) is 8.61. The maximum atomic E-state index is 13.3. The van der Waals surface area contributed by atoms with Gasteiger partial charge in [0, 0.05) is 11.8 Å². The maximum absolute atomic E-state index is 13.3. The van der Waals surface area contributed by atoms with E-state index in [9.17, 15) is 18.4 Å². The Morgan fingerprint density at radius 3 is 2.48 bits per heavy atom. The zero-order valence-corrected chi connectivity index (χ0v) is 15.3. The van der Waals surface area contributed by atoms with Crippen LogP contribution in [0.3, 0.4) is 0 Å². The minimum Gasteiger partial charge on any atom is -0.462 e. The number of para-hydroxylation sites is 1. The van der Waals surface area contributed by atoms with Crippen molar-refractivity contribution in [3.8, 4) is 0 Å². The van der Waals surface area contributed by atoms with Gasteiger partial charge in [0.25, 0.3) is 5.91 Å². The fourth-order valence-electron chi connectivity index (χ4n) is 2.41. The van der Waals surface area contributed by atoms with Crippen LogP contribution in [0.1, 0.15) is 27.8 Å². The second-order valence-electron chi connectivity index (χ2n) is 5.78. The molecule has 0 aliphatic rings. The van der Waals surface area contributed by atoms with E-state index in [0.29, 0.717) is 0 Å². The van der Waals surface area contributed by atoms with Gasteiger partial charge in [-0.05, 0) is 43.3 Å². The number of rotatable bonds is 6. The van der Waals surface area contributed by atoms with Crippen LogP contribution in [-0.4, -0.2) is 28.7 Å². The fourth-order valence-corrected chi connectivity index (χ4v) is 2.41. The summed E-state index contributed by atoms with van der Waals surface area (Å²) >= 11 is 0. The quantitative estimate of drug-likeness (QED) is 0.611. The highest BCUT2D eigenvalue weighted by molar-refractivity contribution is 6.07. The Bertz CT molecular complexity index is 1040. The summed E-state index contributed by atoms with van der Waals surface area (Å²) < 4.78 is 31.2. The molecule has 1 heterocycles. The highest BCUT2D eigenvalue weighted by Crippen LogP contribution is 2.19. The third-order valence-electron chi connectivity index (χ3n) is 3.76. The number of amides is 1. The van der Waals surface area contributed by atoms with Gasteiger partial charge in [-0.25, -0.2) is 13.6 Å². The lowest BCUT2D eigenvalue weighted by Crippen LogP contribution is -2.17. The van der Waals surface area contributed by atoms with Crippen molar-refractivity contribution in [2.45, 2.75) is 6.92 Å². The number of halogens is 2. The Balaban J connectivity index is 1.71. The molecule has 148 valence electrons. The summed E-state index contributed by atoms with van der Waals surface area (Å²) in [6, 6.07) is 12.6. The number of esters is 1. The number of benzene rings is 2. The van der Waals surface area contributed by atoms with E-state index in [1.54, 1.807) is 25.1 Å². The molecule has 0 fully saturated rings. The maximum Gasteiger partial charge on any atom is 0.340 e. The molecule has 0 atom stereocenters. The molecule has 2 aromatic carbocycles. The van der Waals surface area contributed by atoms with Crippen LogP contribution >= 0.6 is 0 Å². The van der Waals surface area contributed by atoms with Crippen molar-refractivity contribution in [2.75, 3.05) is 17.2 Å². The number of carbonyl (C=O) groups is 2. The van der Waals surface area contributed by atoms with E-state index in [4.69, 9.17) is 4.74 Å². The third-order valence-corrected chi connectivity index (χ3v) is 3.76. The number of hydrogen-bond donors (Lipinski definition) is 2. The largest absolute Gasteiger partial charge is 0.462 e. The molecule has 9 heteroatoms. The number of nitrogens with zero attached hydrogens (tertiary/aromatic N) is 2. The standard InChI is InChI=1S/C20H16F2N4O3/c1-2-29-20(28)13-5-3-4-6-16(13)24-19(27)17-9-10-18(26-25-17)23-12-7-8-14(21)15(22)11-12/h3-11H,2H2,1H3,(H,23,26)(H,24,27). The van der Waals surface area contributed by atoms with E-state index in [1.165, 1.54) is 24.3 Å². The van der Waals surface area contributed by atoms with Crippen molar-refractivity contribution in [3.05, 3.63) is 77.5 Å². The van der Waals surface area contributed by atoms with Gasteiger partial charge >= 0.3 is 5.97 Å². The van der Waals surface area contributed by atoms with Gasteiger partial charge in [-0.1, -0.05) is 12.1 Å². The zero-order valence-electron chi connectivity index (χ0n) is 15.3. The summed E-state index contributed by atoms with van der Waals surface area (Å²) in [6.07, 6.45) is 0. The summed E-state index contributed by atoms with van der Waals surface area (Å²) in [5, 5.41) is 13.0. The molecule has 3 rings (SSSR count). The highest BCUT2D eigenvalue weighted by atomic mass is 19.2. The van der Waals surface area contributed by atoms with Gasteiger partial charge in [-0.15, -0.1) is 10.2 Å². The van der Waals surface area contributed by atoms with Crippen molar-refractivity contribution in [1.29, 1.82) is 0 Å². The van der Waals surface area contributed by atoms with Crippen LogP contribution in [0, 0.1) is 11.6 Å². The van der Waals surface area contributed by atoms with E-state index in [2.05, 4.69) is 20.8 Å². The van der Waals surface area contributed by atoms with Crippen LogP contribution in [0.5, 0.6) is 0 Å². The Morgan fingerprint density at radius 1 is 1.00 bits per heavy atom. The molecule has 0 saturated heterocycles. The molecule has 0 radical (unpaired) electrons. The number of carbonyl (C=O) groups excluding carboxylic acids is 2. The van der Waals surface area contributed by atoms with Crippen molar-refractivity contribution in [3.63, 3.8) is 0 Å². The first kappa shape index (κ1) is 19.9. The van der Waals surface area contributed by atoms with Crippen molar-refractivity contribution in [1.82, 2.24) is 10.2 Å². The Kier molecular flexibility index (Phi) is 6.08. The van der Waals surface area contributed by atoms with E-state index >= 15 is 0 Å². The van der Waals surface area contributed by atoms with Gasteiger partial charge in [-0.2, -0.15) is 0 Å². The predicted molar refractivity (Wildman–Crippen MR) is 102 cm³/mol. The molecule has 1 aromatic heterocycles. The molecule has 0 aliphatic carbocycles. The second-order valence-corrected chi connectivity index (χ2v) is 5.78. The van der Waals surface area contributed by atoms with Crippen LogP contribution in [0.25, 0.3) is 0 Å². The monoisotopic (exact) mass is 398 g/mol. The van der Waals surface area contributed by atoms with Crippen molar-refractivity contribution < 1.29 is 23.1 Å². The second kappa shape index (κ2) is 8.87. The molecule has 7 nitrogen and oxygen atoms in total. The van der Waals surface area contributed by atoms with E-state index in [0.717, 1.165) is 12.1 Å². The van der Waals surface area contributed by atoms with Gasteiger partial charge < -0.3 is 15.4 Å². The van der Waals surface area contributed by atoms with Crippen molar-refractivity contribution >= 4 is 29.1 Å². The molecule has 0 spiro atoms. The summed E-state index contributed by atoms with van der Waals surface area (Å²) in [5.41, 5.74) is 0.771. The van der Waals surface area contributed by atoms with Gasteiger partial charge in [0.05, 0.1) is 17.9 Å². The predicted octanol–water partition coefficient (Wildman–Crippen LogP) is 3.93. The topological polar surface area (TPSA) is 93.2 Å². The molecule has 1 amide bonds. The lowest BCUT2D eigenvalue weighted by atomic mass is 10.1. The molecule has 0 unspecified atom stereocenters. The van der Waals surface area contributed by atoms with E-state index in [1.807, 2.05) is 0 Å². The van der Waals surface area contributed by atoms with Gasteiger partial charge in [0.1, 0.15) is 0 Å². The first-order chi connectivity index (χ1) is 14.0. The number of ether oxygens (including phenoxy) is 1. The van der Waals surface area contributed by atoms with E-state index in [-0.39, 0.29) is 35.1 Å². The van der Waals surface area contributed by atoms with Crippen LogP contribution in [-0.2, 0) is 4.74 Å². The average molecular weight is 398 g/mol. The third kappa shape index (κ3) is 4.89. The van der Waals surface area contributed by atoms with Gasteiger partial charge in [0.15, 0.2) is 23.1 Å². The summed E-state index contributed by atoms with van der Waals surface area (Å²) in [5.74, 6) is -2.86. The molecular formula is C20H16F2N4O3. The molecule has 2 N–H and O–H groups in total. The van der Waals surface area contributed by atoms with E-state index < -0.39 is 23.5 Å². The minimum absolute atomic E-state index is 0.000464. The molecule has 3 aromatic rings. The number of hydrogen-bond acceptors (Lipinski definition) is 6. The summed E-state index contributed by atoms with van der Waals surface area (Å²) in [6.45, 7) is 1.89. The van der Waals surface area contributed by atoms with Crippen LogP contribution < -0.4 is 10.6 Å². The Morgan fingerprint density at radius 2 is 1.79 bits per heavy atom. The normalized spacial score (nSPS) is 10.3. The van der Waals surface area contributed by atoms with Crippen molar-refractivity contribution in [2.24, 2.45) is 0 Å². The Hall–Kier alpha value is -3.88. The lowest BCUT2D eigenvalue weighted by Gasteiger charge is -2.10. The minimum atomic E-state index is -1.00. The number of nitrogens with one attached hydrogen (secondary N) is 2. The summed E-state index contributed by atoms with van der Waals surface area (Å²) in [7, 11) is 0. The molecule has 0 saturated carbocycles. The number of aromatic nitrogens is 2. The summed E-state index contributed by atoms with van der Waals surface area (Å²) in [4.78, 5) is 24.4. The smallest absolute Gasteiger partial charge is 0.340 e. The van der Waals surface area contributed by atoms with Gasteiger partial charge in [0.2, 0.25) is 0 Å². The first-order valence-electron chi connectivity index (χ1n) is 8.61. The molecule has 0 bridgehead atoms. The zero-order chi connectivity index (χ0) is 20.8. The Labute approximate surface area is 164 Å². The molecular weight excluding hydrogens is 382 g/mol.